The lowest BCUT2D eigenvalue weighted by Gasteiger charge is -2.05. The second-order valence-corrected chi connectivity index (χ2v) is 7.07. The van der Waals surface area contributed by atoms with Gasteiger partial charge in [-0.05, 0) is 17.7 Å². The van der Waals surface area contributed by atoms with Gasteiger partial charge in [-0.2, -0.15) is 0 Å². The van der Waals surface area contributed by atoms with Crippen LogP contribution in [0, 0.1) is 0 Å². The summed E-state index contributed by atoms with van der Waals surface area (Å²) in [4.78, 5) is 4.61. The Balaban J connectivity index is 2.04. The van der Waals surface area contributed by atoms with Crippen LogP contribution in [-0.4, -0.2) is 25.6 Å². The molecule has 0 amide bonds. The van der Waals surface area contributed by atoms with Gasteiger partial charge in [-0.15, -0.1) is 11.3 Å². The topological polar surface area (TPSA) is 88.5 Å². The van der Waals surface area contributed by atoms with Gasteiger partial charge in [-0.1, -0.05) is 6.07 Å². The highest BCUT2D eigenvalue weighted by molar-refractivity contribution is 7.91. The predicted molar refractivity (Wildman–Crippen MR) is 75.1 cm³/mol. The number of aliphatic hydroxyl groups is 1. The minimum Gasteiger partial charge on any atom is -0.481 e. The first-order valence-electron chi connectivity index (χ1n) is 5.73. The molecule has 2 rings (SSSR count). The van der Waals surface area contributed by atoms with Crippen LogP contribution in [-0.2, 0) is 23.2 Å². The minimum atomic E-state index is -3.57. The third kappa shape index (κ3) is 3.54. The molecule has 2 N–H and O–H groups in total. The van der Waals surface area contributed by atoms with E-state index in [1.807, 2.05) is 0 Å². The van der Waals surface area contributed by atoms with Crippen LogP contribution < -0.4 is 9.46 Å². The molecule has 0 unspecified atom stereocenters. The van der Waals surface area contributed by atoms with Crippen molar-refractivity contribution in [2.24, 2.45) is 0 Å². The van der Waals surface area contributed by atoms with Crippen molar-refractivity contribution in [3.63, 3.8) is 0 Å². The number of methoxy groups -OCH3 is 1. The maximum absolute atomic E-state index is 12.0. The van der Waals surface area contributed by atoms with Crippen LogP contribution in [0.5, 0.6) is 5.88 Å². The van der Waals surface area contributed by atoms with Crippen molar-refractivity contribution in [3.05, 3.63) is 40.9 Å². The van der Waals surface area contributed by atoms with Crippen LogP contribution in [0.1, 0.15) is 10.4 Å². The van der Waals surface area contributed by atoms with E-state index in [-0.39, 0.29) is 17.4 Å². The summed E-state index contributed by atoms with van der Waals surface area (Å²) >= 11 is 1.04. The van der Waals surface area contributed by atoms with Gasteiger partial charge in [0.25, 0.3) is 0 Å². The van der Waals surface area contributed by atoms with Gasteiger partial charge in [0, 0.05) is 23.7 Å². The molecule has 0 aromatic carbocycles. The highest BCUT2D eigenvalue weighted by Gasteiger charge is 2.16. The fourth-order valence-electron chi connectivity index (χ4n) is 1.47. The molecule has 0 saturated carbocycles. The molecule has 6 nitrogen and oxygen atoms in total. The molecule has 108 valence electrons. The molecular formula is C12H14N2O4S2. The number of aromatic nitrogens is 1. The Morgan fingerprint density at radius 1 is 1.35 bits per heavy atom. The Morgan fingerprint density at radius 2 is 2.15 bits per heavy atom. The predicted octanol–water partition coefficient (Wildman–Crippen LogP) is 1.12. The third-order valence-electron chi connectivity index (χ3n) is 2.53. The molecule has 0 saturated heterocycles. The summed E-state index contributed by atoms with van der Waals surface area (Å²) in [6, 6.07) is 6.47. The molecule has 0 aliphatic carbocycles. The second-order valence-electron chi connectivity index (χ2n) is 3.91. The highest BCUT2D eigenvalue weighted by atomic mass is 32.2. The molecule has 20 heavy (non-hydrogen) atoms. The molecule has 0 aliphatic heterocycles. The molecule has 2 aromatic heterocycles. The number of nitrogens with zero attached hydrogens (tertiary/aromatic N) is 1. The largest absolute Gasteiger partial charge is 0.481 e. The molecule has 0 radical (unpaired) electrons. The molecule has 0 aliphatic rings. The zero-order valence-corrected chi connectivity index (χ0v) is 12.4. The van der Waals surface area contributed by atoms with Crippen LogP contribution in [0.3, 0.4) is 0 Å². The molecule has 0 atom stereocenters. The molecule has 0 fully saturated rings. The first kappa shape index (κ1) is 14.9. The van der Waals surface area contributed by atoms with Gasteiger partial charge in [0.05, 0.1) is 13.7 Å². The number of ether oxygens (including phenoxy) is 1. The second kappa shape index (κ2) is 6.31. The average Bonchev–Trinajstić information content (AvgIpc) is 2.95. The Labute approximate surface area is 121 Å². The van der Waals surface area contributed by atoms with E-state index in [9.17, 15) is 8.42 Å². The van der Waals surface area contributed by atoms with Gasteiger partial charge in [0.2, 0.25) is 15.9 Å². The normalized spacial score (nSPS) is 11.5. The molecule has 2 aromatic rings. The standard InChI is InChI=1S/C12H14N2O4S2/c1-18-11-4-2-9(6-13-11)7-14-20(16,17)12-5-3-10(8-15)19-12/h2-6,14-15H,7-8H2,1H3. The first-order chi connectivity index (χ1) is 9.55. The van der Waals surface area contributed by atoms with Gasteiger partial charge in [-0.3, -0.25) is 0 Å². The maximum Gasteiger partial charge on any atom is 0.250 e. The lowest BCUT2D eigenvalue weighted by atomic mass is 10.3. The van der Waals surface area contributed by atoms with E-state index in [2.05, 4.69) is 9.71 Å². The zero-order valence-electron chi connectivity index (χ0n) is 10.7. The van der Waals surface area contributed by atoms with Crippen LogP contribution in [0.4, 0.5) is 0 Å². The summed E-state index contributed by atoms with van der Waals surface area (Å²) in [7, 11) is -2.05. The van der Waals surface area contributed by atoms with E-state index >= 15 is 0 Å². The Morgan fingerprint density at radius 3 is 2.70 bits per heavy atom. The lowest BCUT2D eigenvalue weighted by Crippen LogP contribution is -2.22. The van der Waals surface area contributed by atoms with E-state index in [4.69, 9.17) is 9.84 Å². The number of aliphatic hydroxyl groups excluding tert-OH is 1. The lowest BCUT2D eigenvalue weighted by molar-refractivity contribution is 0.285. The Kier molecular flexibility index (Phi) is 4.71. The summed E-state index contributed by atoms with van der Waals surface area (Å²) in [5, 5.41) is 8.95. The fraction of sp³-hybridized carbons (Fsp3) is 0.250. The van der Waals surface area contributed by atoms with Gasteiger partial charge < -0.3 is 9.84 Å². The smallest absolute Gasteiger partial charge is 0.250 e. The van der Waals surface area contributed by atoms with E-state index in [0.717, 1.165) is 16.9 Å². The summed E-state index contributed by atoms with van der Waals surface area (Å²) in [5.74, 6) is 0.474. The zero-order chi connectivity index (χ0) is 14.6. The van der Waals surface area contributed by atoms with Crippen LogP contribution in [0.15, 0.2) is 34.7 Å². The number of hydrogen-bond donors (Lipinski definition) is 2. The number of nitrogens with one attached hydrogen (secondary N) is 1. The van der Waals surface area contributed by atoms with E-state index in [0.29, 0.717) is 10.8 Å². The van der Waals surface area contributed by atoms with Crippen molar-refractivity contribution in [1.29, 1.82) is 0 Å². The van der Waals surface area contributed by atoms with Gasteiger partial charge >= 0.3 is 0 Å². The van der Waals surface area contributed by atoms with Crippen molar-refractivity contribution in [2.45, 2.75) is 17.4 Å². The summed E-state index contributed by atoms with van der Waals surface area (Å²) in [6.45, 7) is -0.0196. The van der Waals surface area contributed by atoms with E-state index < -0.39 is 10.0 Å². The average molecular weight is 314 g/mol. The quantitative estimate of drug-likeness (QED) is 0.834. The molecule has 8 heteroatoms. The van der Waals surface area contributed by atoms with Crippen molar-refractivity contribution < 1.29 is 18.3 Å². The summed E-state index contributed by atoms with van der Waals surface area (Å²) in [5.41, 5.74) is 0.730. The van der Waals surface area contributed by atoms with E-state index in [1.54, 1.807) is 24.4 Å². The number of rotatable bonds is 6. The summed E-state index contributed by atoms with van der Waals surface area (Å²) in [6.07, 6.45) is 1.55. The van der Waals surface area contributed by atoms with Crippen molar-refractivity contribution >= 4 is 21.4 Å². The van der Waals surface area contributed by atoms with Crippen LogP contribution in [0.25, 0.3) is 0 Å². The molecule has 0 bridgehead atoms. The number of thiophene rings is 1. The third-order valence-corrected chi connectivity index (χ3v) is 5.49. The first-order valence-corrected chi connectivity index (χ1v) is 8.03. The minimum absolute atomic E-state index is 0.145. The fourth-order valence-corrected chi connectivity index (χ4v) is 3.75. The van der Waals surface area contributed by atoms with Crippen molar-refractivity contribution in [2.75, 3.05) is 7.11 Å². The Hall–Kier alpha value is -1.48. The monoisotopic (exact) mass is 314 g/mol. The van der Waals surface area contributed by atoms with Crippen LogP contribution >= 0.6 is 11.3 Å². The summed E-state index contributed by atoms with van der Waals surface area (Å²) < 4.78 is 31.7. The van der Waals surface area contributed by atoms with Crippen molar-refractivity contribution in [1.82, 2.24) is 9.71 Å². The maximum atomic E-state index is 12.0. The molecule has 0 spiro atoms. The van der Waals surface area contributed by atoms with Gasteiger partial charge in [-0.25, -0.2) is 18.1 Å². The van der Waals surface area contributed by atoms with Gasteiger partial charge in [0.1, 0.15) is 4.21 Å². The number of pyridine rings is 1. The number of sulfonamides is 1. The van der Waals surface area contributed by atoms with Crippen molar-refractivity contribution in [3.8, 4) is 5.88 Å². The van der Waals surface area contributed by atoms with Crippen LogP contribution in [0.2, 0.25) is 0 Å². The highest BCUT2D eigenvalue weighted by Crippen LogP contribution is 2.21. The van der Waals surface area contributed by atoms with E-state index in [1.165, 1.54) is 13.2 Å². The van der Waals surface area contributed by atoms with Gasteiger partial charge in [0.15, 0.2) is 0 Å². The Bertz CT molecular complexity index is 665. The number of hydrogen-bond acceptors (Lipinski definition) is 6. The SMILES string of the molecule is COc1ccc(CNS(=O)(=O)c2ccc(CO)s2)cn1. The molecule has 2 heterocycles. The molecular weight excluding hydrogens is 300 g/mol.